The second-order valence-corrected chi connectivity index (χ2v) is 6.80. The van der Waals surface area contributed by atoms with Gasteiger partial charge in [0.25, 0.3) is 0 Å². The molecular weight excluding hydrogens is 258 g/mol. The third kappa shape index (κ3) is 5.03. The highest BCUT2D eigenvalue weighted by Crippen LogP contribution is 2.20. The largest absolute Gasteiger partial charge is 0.259 e. The SMILES string of the molecule is CC(C)(C)SNCc1cccc(Br)c1. The molecule has 1 aromatic rings. The molecule has 0 aromatic heterocycles. The molecule has 0 saturated heterocycles. The van der Waals surface area contributed by atoms with Crippen LogP contribution in [0.15, 0.2) is 28.7 Å². The van der Waals surface area contributed by atoms with E-state index in [0.29, 0.717) is 0 Å². The van der Waals surface area contributed by atoms with Gasteiger partial charge in [-0.05, 0) is 38.5 Å². The van der Waals surface area contributed by atoms with Crippen LogP contribution in [0.4, 0.5) is 0 Å². The van der Waals surface area contributed by atoms with E-state index >= 15 is 0 Å². The smallest absolute Gasteiger partial charge is 0.0310 e. The third-order valence-electron chi connectivity index (χ3n) is 1.54. The molecule has 1 rings (SSSR count). The van der Waals surface area contributed by atoms with Gasteiger partial charge in [0.1, 0.15) is 0 Å². The van der Waals surface area contributed by atoms with Gasteiger partial charge in [-0.1, -0.05) is 40.0 Å². The summed E-state index contributed by atoms with van der Waals surface area (Å²) in [5.41, 5.74) is 1.30. The minimum atomic E-state index is 0.270. The van der Waals surface area contributed by atoms with Crippen molar-refractivity contribution in [3.05, 3.63) is 34.3 Å². The van der Waals surface area contributed by atoms with Crippen molar-refractivity contribution in [2.75, 3.05) is 0 Å². The molecule has 0 saturated carbocycles. The van der Waals surface area contributed by atoms with Crippen molar-refractivity contribution < 1.29 is 0 Å². The second kappa shape index (κ2) is 5.19. The van der Waals surface area contributed by atoms with Crippen LogP contribution in [0.3, 0.4) is 0 Å². The summed E-state index contributed by atoms with van der Waals surface area (Å²) in [5, 5.41) is 0. The van der Waals surface area contributed by atoms with Crippen molar-refractivity contribution in [1.82, 2.24) is 4.72 Å². The molecule has 0 heterocycles. The molecule has 0 aliphatic rings. The number of hydrogen-bond acceptors (Lipinski definition) is 2. The van der Waals surface area contributed by atoms with Crippen LogP contribution >= 0.6 is 27.9 Å². The first-order valence-corrected chi connectivity index (χ1v) is 6.24. The first-order valence-electron chi connectivity index (χ1n) is 4.63. The monoisotopic (exact) mass is 273 g/mol. The van der Waals surface area contributed by atoms with Gasteiger partial charge in [0, 0.05) is 15.8 Å². The van der Waals surface area contributed by atoms with Gasteiger partial charge in [-0.15, -0.1) is 0 Å². The predicted octanol–water partition coefficient (Wildman–Crippen LogP) is 3.99. The Labute approximate surface area is 98.9 Å². The van der Waals surface area contributed by atoms with Crippen LogP contribution in [0, 0.1) is 0 Å². The van der Waals surface area contributed by atoms with Crippen LogP contribution in [-0.2, 0) is 6.54 Å². The molecule has 3 heteroatoms. The van der Waals surface area contributed by atoms with Gasteiger partial charge in [0.05, 0.1) is 0 Å². The molecule has 78 valence electrons. The summed E-state index contributed by atoms with van der Waals surface area (Å²) < 4.78 is 4.77. The van der Waals surface area contributed by atoms with Gasteiger partial charge >= 0.3 is 0 Å². The highest BCUT2D eigenvalue weighted by molar-refractivity contribution is 9.10. The van der Waals surface area contributed by atoms with Crippen LogP contribution in [0.1, 0.15) is 26.3 Å². The number of hydrogen-bond donors (Lipinski definition) is 1. The summed E-state index contributed by atoms with van der Waals surface area (Å²) in [6.07, 6.45) is 0. The van der Waals surface area contributed by atoms with Crippen molar-refractivity contribution in [3.63, 3.8) is 0 Å². The van der Waals surface area contributed by atoms with Crippen LogP contribution in [0.2, 0.25) is 0 Å². The molecule has 0 spiro atoms. The van der Waals surface area contributed by atoms with Gasteiger partial charge in [-0.25, -0.2) is 0 Å². The second-order valence-electron chi connectivity index (χ2n) is 4.17. The fourth-order valence-corrected chi connectivity index (χ4v) is 2.10. The first kappa shape index (κ1) is 12.1. The molecule has 0 radical (unpaired) electrons. The summed E-state index contributed by atoms with van der Waals surface area (Å²) in [5.74, 6) is 0. The van der Waals surface area contributed by atoms with Crippen LogP contribution in [0.5, 0.6) is 0 Å². The maximum Gasteiger partial charge on any atom is 0.0310 e. The highest BCUT2D eigenvalue weighted by atomic mass is 79.9. The lowest BCUT2D eigenvalue weighted by Crippen LogP contribution is -2.16. The van der Waals surface area contributed by atoms with Crippen LogP contribution in [0.25, 0.3) is 0 Å². The van der Waals surface area contributed by atoms with Crippen LogP contribution in [-0.4, -0.2) is 4.75 Å². The summed E-state index contributed by atoms with van der Waals surface area (Å²) >= 11 is 5.23. The van der Waals surface area contributed by atoms with E-state index in [1.807, 2.05) is 6.07 Å². The van der Waals surface area contributed by atoms with E-state index in [1.54, 1.807) is 11.9 Å². The number of benzene rings is 1. The Morgan fingerprint density at radius 3 is 2.64 bits per heavy atom. The van der Waals surface area contributed by atoms with Crippen LogP contribution < -0.4 is 4.72 Å². The van der Waals surface area contributed by atoms with Gasteiger partial charge in [0.15, 0.2) is 0 Å². The molecule has 0 aliphatic carbocycles. The molecule has 1 nitrogen and oxygen atoms in total. The maximum atomic E-state index is 3.46. The summed E-state index contributed by atoms with van der Waals surface area (Å²) in [6.45, 7) is 7.50. The van der Waals surface area contributed by atoms with Gasteiger partial charge in [-0.3, -0.25) is 4.72 Å². The lowest BCUT2D eigenvalue weighted by atomic mass is 10.2. The fraction of sp³-hybridized carbons (Fsp3) is 0.455. The molecule has 1 N–H and O–H groups in total. The number of halogens is 1. The Bertz CT molecular complexity index is 294. The fourth-order valence-electron chi connectivity index (χ4n) is 0.983. The standard InChI is InChI=1S/C11H16BrNS/c1-11(2,3)14-13-8-9-5-4-6-10(12)7-9/h4-7,13H,8H2,1-3H3. The van der Waals surface area contributed by atoms with E-state index in [9.17, 15) is 0 Å². The molecule has 0 atom stereocenters. The summed E-state index contributed by atoms with van der Waals surface area (Å²) in [7, 11) is 0. The van der Waals surface area contributed by atoms with Gasteiger partial charge in [-0.2, -0.15) is 0 Å². The Morgan fingerprint density at radius 2 is 2.07 bits per heavy atom. The molecule has 0 fully saturated rings. The predicted molar refractivity (Wildman–Crippen MR) is 68.3 cm³/mol. The molecule has 0 unspecified atom stereocenters. The topological polar surface area (TPSA) is 12.0 Å². The lowest BCUT2D eigenvalue weighted by Gasteiger charge is -2.17. The van der Waals surface area contributed by atoms with Gasteiger partial charge < -0.3 is 0 Å². The van der Waals surface area contributed by atoms with E-state index in [4.69, 9.17) is 0 Å². The van der Waals surface area contributed by atoms with E-state index in [2.05, 4.69) is 59.6 Å². The van der Waals surface area contributed by atoms with E-state index in [-0.39, 0.29) is 4.75 Å². The third-order valence-corrected chi connectivity index (χ3v) is 2.94. The Balaban J connectivity index is 2.39. The van der Waals surface area contributed by atoms with E-state index < -0.39 is 0 Å². The normalized spacial score (nSPS) is 11.7. The lowest BCUT2D eigenvalue weighted by molar-refractivity contribution is 0.787. The molecule has 0 amide bonds. The Kier molecular flexibility index (Phi) is 4.48. The maximum absolute atomic E-state index is 3.46. The zero-order chi connectivity index (χ0) is 10.6. The summed E-state index contributed by atoms with van der Waals surface area (Å²) in [4.78, 5) is 0. The van der Waals surface area contributed by atoms with Gasteiger partial charge in [0.2, 0.25) is 0 Å². The molecule has 0 aliphatic heterocycles. The van der Waals surface area contributed by atoms with Crippen molar-refractivity contribution in [3.8, 4) is 0 Å². The molecular formula is C11H16BrNS. The first-order chi connectivity index (χ1) is 6.47. The van der Waals surface area contributed by atoms with Crippen molar-refractivity contribution in [2.45, 2.75) is 32.1 Å². The minimum absolute atomic E-state index is 0.270. The molecule has 0 bridgehead atoms. The molecule has 14 heavy (non-hydrogen) atoms. The quantitative estimate of drug-likeness (QED) is 0.836. The number of nitrogens with one attached hydrogen (secondary N) is 1. The minimum Gasteiger partial charge on any atom is -0.259 e. The van der Waals surface area contributed by atoms with E-state index in [1.165, 1.54) is 5.56 Å². The molecule has 1 aromatic carbocycles. The highest BCUT2D eigenvalue weighted by Gasteiger charge is 2.09. The average Bonchev–Trinajstić information content (AvgIpc) is 2.01. The Morgan fingerprint density at radius 1 is 1.36 bits per heavy atom. The van der Waals surface area contributed by atoms with E-state index in [0.717, 1.165) is 11.0 Å². The Hall–Kier alpha value is 0.01000. The zero-order valence-corrected chi connectivity index (χ0v) is 11.2. The van der Waals surface area contributed by atoms with Crippen molar-refractivity contribution in [2.24, 2.45) is 0 Å². The number of rotatable bonds is 3. The van der Waals surface area contributed by atoms with Crippen molar-refractivity contribution in [1.29, 1.82) is 0 Å². The van der Waals surface area contributed by atoms with Crippen molar-refractivity contribution >= 4 is 27.9 Å². The zero-order valence-electron chi connectivity index (χ0n) is 8.80. The average molecular weight is 274 g/mol. The summed E-state index contributed by atoms with van der Waals surface area (Å²) in [6, 6.07) is 8.36.